The summed E-state index contributed by atoms with van der Waals surface area (Å²) in [5.41, 5.74) is 0.642. The molecule has 5 rings (SSSR count). The average Bonchev–Trinajstić information content (AvgIpc) is 3.40. The third kappa shape index (κ3) is 3.21. The molecule has 0 spiro atoms. The Hall–Kier alpha value is -2.68. The second-order valence-electron chi connectivity index (χ2n) is 7.41. The van der Waals surface area contributed by atoms with Crippen LogP contribution < -0.4 is 10.2 Å². The molecule has 1 aromatic carbocycles. The fraction of sp³-hybridized carbons (Fsp3) is 0.364. The van der Waals surface area contributed by atoms with Gasteiger partial charge in [-0.1, -0.05) is 6.07 Å². The van der Waals surface area contributed by atoms with Gasteiger partial charge in [0.15, 0.2) is 5.43 Å². The van der Waals surface area contributed by atoms with E-state index in [2.05, 4.69) is 4.90 Å². The van der Waals surface area contributed by atoms with Crippen molar-refractivity contribution in [1.29, 1.82) is 0 Å². The summed E-state index contributed by atoms with van der Waals surface area (Å²) in [6.45, 7) is 4.35. The van der Waals surface area contributed by atoms with Gasteiger partial charge in [0.25, 0.3) is 5.91 Å². The summed E-state index contributed by atoms with van der Waals surface area (Å²) in [7, 11) is 1.55. The Morgan fingerprint density at radius 1 is 1.17 bits per heavy atom. The lowest BCUT2D eigenvalue weighted by atomic mass is 10.0. The third-order valence-electron chi connectivity index (χ3n) is 5.75. The Labute approximate surface area is 177 Å². The van der Waals surface area contributed by atoms with Crippen molar-refractivity contribution in [3.05, 3.63) is 62.1 Å². The van der Waals surface area contributed by atoms with Gasteiger partial charge in [0, 0.05) is 37.1 Å². The lowest BCUT2D eigenvalue weighted by molar-refractivity contribution is 0.0315. The maximum absolute atomic E-state index is 13.4. The first-order chi connectivity index (χ1) is 14.7. The van der Waals surface area contributed by atoms with Crippen LogP contribution in [-0.2, 0) is 4.74 Å². The predicted molar refractivity (Wildman–Crippen MR) is 113 cm³/mol. The molecule has 4 heterocycles. The van der Waals surface area contributed by atoms with Gasteiger partial charge in [0.05, 0.1) is 37.3 Å². The van der Waals surface area contributed by atoms with E-state index in [1.165, 1.54) is 0 Å². The molecule has 1 unspecified atom stereocenters. The van der Waals surface area contributed by atoms with E-state index < -0.39 is 6.04 Å². The number of carbonyl (C=O) groups is 1. The van der Waals surface area contributed by atoms with Crippen LogP contribution in [0.4, 0.5) is 0 Å². The number of benzene rings is 1. The number of hydrogen-bond donors (Lipinski definition) is 0. The number of amides is 1. The van der Waals surface area contributed by atoms with E-state index in [0.717, 1.165) is 24.5 Å². The van der Waals surface area contributed by atoms with Gasteiger partial charge >= 0.3 is 0 Å². The van der Waals surface area contributed by atoms with E-state index in [-0.39, 0.29) is 17.1 Å². The van der Waals surface area contributed by atoms with E-state index in [0.29, 0.717) is 42.0 Å². The normalized spacial score (nSPS) is 19.4. The van der Waals surface area contributed by atoms with Crippen molar-refractivity contribution in [3.63, 3.8) is 0 Å². The summed E-state index contributed by atoms with van der Waals surface area (Å²) in [4.78, 5) is 31.8. The standard InChI is InChI=1S/C22H22N2O5S/c1-27-14-4-5-15-16(13-14)29-21-18(20(15)25)19(17-3-2-12-30-17)24(22(21)26)7-6-23-8-10-28-11-9-23/h2-5,12-13,19H,6-11H2,1H3. The maximum atomic E-state index is 13.4. The molecule has 1 saturated heterocycles. The highest BCUT2D eigenvalue weighted by Gasteiger charge is 2.43. The Balaban J connectivity index is 1.58. The van der Waals surface area contributed by atoms with E-state index in [1.807, 2.05) is 17.5 Å². The summed E-state index contributed by atoms with van der Waals surface area (Å²) in [5, 5.41) is 2.42. The van der Waals surface area contributed by atoms with Gasteiger partial charge in [-0.25, -0.2) is 0 Å². The molecular weight excluding hydrogens is 404 g/mol. The van der Waals surface area contributed by atoms with Crippen molar-refractivity contribution in [1.82, 2.24) is 9.80 Å². The number of thiophene rings is 1. The van der Waals surface area contributed by atoms with Crippen LogP contribution >= 0.6 is 11.3 Å². The van der Waals surface area contributed by atoms with Gasteiger partial charge in [-0.3, -0.25) is 14.5 Å². The highest BCUT2D eigenvalue weighted by atomic mass is 32.1. The van der Waals surface area contributed by atoms with Crippen molar-refractivity contribution in [3.8, 4) is 5.75 Å². The molecule has 0 radical (unpaired) electrons. The van der Waals surface area contributed by atoms with Crippen molar-refractivity contribution in [2.75, 3.05) is 46.5 Å². The smallest absolute Gasteiger partial charge is 0.290 e. The quantitative estimate of drug-likeness (QED) is 0.625. The molecule has 156 valence electrons. The summed E-state index contributed by atoms with van der Waals surface area (Å²) in [6.07, 6.45) is 0. The second kappa shape index (κ2) is 7.86. The van der Waals surface area contributed by atoms with Crippen molar-refractivity contribution in [2.45, 2.75) is 6.04 Å². The zero-order chi connectivity index (χ0) is 20.7. The first-order valence-corrected chi connectivity index (χ1v) is 10.8. The second-order valence-corrected chi connectivity index (χ2v) is 8.39. The molecule has 1 amide bonds. The number of hydrogen-bond acceptors (Lipinski definition) is 7. The molecule has 0 N–H and O–H groups in total. The average molecular weight is 426 g/mol. The molecular formula is C22H22N2O5S. The Bertz CT molecular complexity index is 1130. The first kappa shape index (κ1) is 19.3. The fourth-order valence-electron chi connectivity index (χ4n) is 4.17. The first-order valence-electron chi connectivity index (χ1n) is 9.96. The third-order valence-corrected chi connectivity index (χ3v) is 6.67. The molecule has 30 heavy (non-hydrogen) atoms. The number of nitrogens with zero attached hydrogens (tertiary/aromatic N) is 2. The maximum Gasteiger partial charge on any atom is 0.290 e. The molecule has 2 aliphatic rings. The summed E-state index contributed by atoms with van der Waals surface area (Å²) in [6, 6.07) is 8.58. The summed E-state index contributed by atoms with van der Waals surface area (Å²) < 4.78 is 16.6. The van der Waals surface area contributed by atoms with E-state index >= 15 is 0 Å². The Kier molecular flexibility index (Phi) is 5.06. The minimum absolute atomic E-state index is 0.140. The monoisotopic (exact) mass is 426 g/mol. The molecule has 2 aliphatic heterocycles. The zero-order valence-electron chi connectivity index (χ0n) is 16.6. The van der Waals surface area contributed by atoms with E-state index in [4.69, 9.17) is 13.9 Å². The van der Waals surface area contributed by atoms with Crippen molar-refractivity contribution in [2.24, 2.45) is 0 Å². The Morgan fingerprint density at radius 3 is 2.73 bits per heavy atom. The number of morpholine rings is 1. The fourth-order valence-corrected chi connectivity index (χ4v) is 5.02. The molecule has 2 aromatic heterocycles. The number of rotatable bonds is 5. The lowest BCUT2D eigenvalue weighted by Gasteiger charge is -2.30. The minimum Gasteiger partial charge on any atom is -0.497 e. The molecule has 7 nitrogen and oxygen atoms in total. The van der Waals surface area contributed by atoms with Gasteiger partial charge in [-0.2, -0.15) is 0 Å². The van der Waals surface area contributed by atoms with Crippen LogP contribution in [-0.4, -0.2) is 62.2 Å². The summed E-state index contributed by atoms with van der Waals surface area (Å²) >= 11 is 1.54. The zero-order valence-corrected chi connectivity index (χ0v) is 17.4. The number of ether oxygens (including phenoxy) is 2. The number of carbonyl (C=O) groups excluding carboxylic acids is 1. The highest BCUT2D eigenvalue weighted by molar-refractivity contribution is 7.10. The molecule has 0 aliphatic carbocycles. The van der Waals surface area contributed by atoms with Gasteiger partial charge in [0.1, 0.15) is 11.3 Å². The summed E-state index contributed by atoms with van der Waals surface area (Å²) in [5.74, 6) is 0.481. The Morgan fingerprint density at radius 2 is 2.00 bits per heavy atom. The lowest BCUT2D eigenvalue weighted by Crippen LogP contribution is -2.42. The topological polar surface area (TPSA) is 72.2 Å². The molecule has 0 bridgehead atoms. The predicted octanol–water partition coefficient (Wildman–Crippen LogP) is 2.74. The van der Waals surface area contributed by atoms with Crippen LogP contribution in [0.1, 0.15) is 27.0 Å². The van der Waals surface area contributed by atoms with Gasteiger partial charge in [-0.15, -0.1) is 11.3 Å². The van der Waals surface area contributed by atoms with Crippen LogP contribution in [0.2, 0.25) is 0 Å². The molecule has 3 aromatic rings. The molecule has 8 heteroatoms. The minimum atomic E-state index is -0.420. The van der Waals surface area contributed by atoms with Gasteiger partial charge in [0.2, 0.25) is 5.76 Å². The van der Waals surface area contributed by atoms with E-state index in [1.54, 1.807) is 41.5 Å². The van der Waals surface area contributed by atoms with Crippen molar-refractivity contribution < 1.29 is 18.7 Å². The van der Waals surface area contributed by atoms with Crippen LogP contribution in [0.15, 0.2) is 44.9 Å². The SMILES string of the molecule is COc1ccc2c(=O)c3c(oc2c1)C(=O)N(CCN1CCOCC1)C3c1cccs1. The van der Waals surface area contributed by atoms with Crippen molar-refractivity contribution >= 4 is 28.2 Å². The largest absolute Gasteiger partial charge is 0.497 e. The van der Waals surface area contributed by atoms with Gasteiger partial charge in [-0.05, 0) is 23.6 Å². The van der Waals surface area contributed by atoms with E-state index in [9.17, 15) is 9.59 Å². The number of methoxy groups -OCH3 is 1. The molecule has 1 fully saturated rings. The van der Waals surface area contributed by atoms with Gasteiger partial charge < -0.3 is 18.8 Å². The highest BCUT2D eigenvalue weighted by Crippen LogP contribution is 2.40. The molecule has 1 atom stereocenters. The molecule has 0 saturated carbocycles. The number of fused-ring (bicyclic) bond motifs is 2. The van der Waals surface area contributed by atoms with Crippen LogP contribution in [0.3, 0.4) is 0 Å². The van der Waals surface area contributed by atoms with Crippen LogP contribution in [0.25, 0.3) is 11.0 Å². The van der Waals surface area contributed by atoms with Crippen LogP contribution in [0, 0.1) is 0 Å². The van der Waals surface area contributed by atoms with Crippen LogP contribution in [0.5, 0.6) is 5.75 Å².